The summed E-state index contributed by atoms with van der Waals surface area (Å²) in [4.78, 5) is 13.8. The van der Waals surface area contributed by atoms with Crippen LogP contribution in [0.25, 0.3) is 0 Å². The van der Waals surface area contributed by atoms with Crippen LogP contribution in [0.15, 0.2) is 72.8 Å². The Morgan fingerprint density at radius 2 is 1.35 bits per heavy atom. The Labute approximate surface area is 203 Å². The SMILES string of the molecule is CCC1(OC(=O)COc2c(C)cc([NH+](c3ccccc3)c3ccccc3)cc2C)CCCCC1. The third-order valence-electron chi connectivity index (χ3n) is 6.95. The van der Waals surface area contributed by atoms with Gasteiger partial charge in [0.25, 0.3) is 0 Å². The molecule has 0 radical (unpaired) electrons. The van der Waals surface area contributed by atoms with E-state index >= 15 is 0 Å². The number of hydrogen-bond acceptors (Lipinski definition) is 3. The van der Waals surface area contributed by atoms with Gasteiger partial charge in [-0.05, 0) is 81.3 Å². The summed E-state index contributed by atoms with van der Waals surface area (Å²) in [6.07, 6.45) is 6.26. The molecule has 178 valence electrons. The van der Waals surface area contributed by atoms with E-state index in [2.05, 4.69) is 67.6 Å². The molecule has 3 aromatic rings. The molecule has 0 spiro atoms. The molecule has 0 atom stereocenters. The largest absolute Gasteiger partial charge is 0.481 e. The summed E-state index contributed by atoms with van der Waals surface area (Å²) >= 11 is 0. The van der Waals surface area contributed by atoms with Crippen molar-refractivity contribution in [3.63, 3.8) is 0 Å². The molecule has 0 aliphatic heterocycles. The van der Waals surface area contributed by atoms with Crippen LogP contribution in [0.4, 0.5) is 17.1 Å². The molecule has 0 amide bonds. The summed E-state index contributed by atoms with van der Waals surface area (Å²) in [6, 6.07) is 25.2. The van der Waals surface area contributed by atoms with Crippen LogP contribution in [0.2, 0.25) is 0 Å². The number of aryl methyl sites for hydroxylation is 2. The molecule has 0 aromatic heterocycles. The third kappa shape index (κ3) is 5.51. The summed E-state index contributed by atoms with van der Waals surface area (Å²) in [5.74, 6) is 0.489. The molecular weight excluding hydrogens is 422 g/mol. The van der Waals surface area contributed by atoms with Gasteiger partial charge in [0.1, 0.15) is 28.4 Å². The average molecular weight is 459 g/mol. The lowest BCUT2D eigenvalue weighted by Crippen LogP contribution is -2.96. The van der Waals surface area contributed by atoms with Gasteiger partial charge in [-0.15, -0.1) is 0 Å². The molecule has 1 aliphatic rings. The van der Waals surface area contributed by atoms with Crippen molar-refractivity contribution in [2.45, 2.75) is 64.9 Å². The van der Waals surface area contributed by atoms with Crippen molar-refractivity contribution in [3.8, 4) is 5.75 Å². The predicted octanol–water partition coefficient (Wildman–Crippen LogP) is 6.52. The van der Waals surface area contributed by atoms with Gasteiger partial charge in [0, 0.05) is 12.1 Å². The molecule has 4 heteroatoms. The lowest BCUT2D eigenvalue weighted by Gasteiger charge is -2.35. The van der Waals surface area contributed by atoms with Crippen LogP contribution in [0.5, 0.6) is 5.75 Å². The fraction of sp³-hybridized carbons (Fsp3) is 0.367. The summed E-state index contributed by atoms with van der Waals surface area (Å²) in [5.41, 5.74) is 5.19. The topological polar surface area (TPSA) is 40.0 Å². The fourth-order valence-corrected chi connectivity index (χ4v) is 5.16. The van der Waals surface area contributed by atoms with Gasteiger partial charge in [0.05, 0.1) is 0 Å². The molecule has 4 rings (SSSR count). The molecule has 1 saturated carbocycles. The smallest absolute Gasteiger partial charge is 0.344 e. The van der Waals surface area contributed by atoms with Crippen LogP contribution < -0.4 is 9.64 Å². The van der Waals surface area contributed by atoms with Crippen LogP contribution in [0, 0.1) is 13.8 Å². The maximum absolute atomic E-state index is 12.7. The number of carbonyl (C=O) groups excluding carboxylic acids is 1. The van der Waals surface area contributed by atoms with E-state index < -0.39 is 0 Å². The molecule has 0 unspecified atom stereocenters. The highest BCUT2D eigenvalue weighted by Crippen LogP contribution is 2.34. The predicted molar refractivity (Wildman–Crippen MR) is 136 cm³/mol. The number of nitrogens with one attached hydrogen (secondary N) is 1. The minimum atomic E-state index is -0.304. The van der Waals surface area contributed by atoms with E-state index in [4.69, 9.17) is 9.47 Å². The first-order valence-electron chi connectivity index (χ1n) is 12.5. The van der Waals surface area contributed by atoms with Crippen molar-refractivity contribution in [1.29, 1.82) is 0 Å². The van der Waals surface area contributed by atoms with Gasteiger partial charge in [-0.3, -0.25) is 0 Å². The van der Waals surface area contributed by atoms with E-state index in [1.54, 1.807) is 0 Å². The maximum Gasteiger partial charge on any atom is 0.344 e. The van der Waals surface area contributed by atoms with Gasteiger partial charge in [-0.25, -0.2) is 9.69 Å². The van der Waals surface area contributed by atoms with Crippen LogP contribution in [-0.2, 0) is 9.53 Å². The van der Waals surface area contributed by atoms with Crippen LogP contribution in [0.1, 0.15) is 56.6 Å². The molecule has 4 nitrogen and oxygen atoms in total. The Balaban J connectivity index is 1.53. The second-order valence-corrected chi connectivity index (χ2v) is 9.41. The van der Waals surface area contributed by atoms with Crippen molar-refractivity contribution in [1.82, 2.24) is 0 Å². The zero-order valence-corrected chi connectivity index (χ0v) is 20.6. The normalized spacial score (nSPS) is 15.2. The highest BCUT2D eigenvalue weighted by molar-refractivity contribution is 5.72. The second-order valence-electron chi connectivity index (χ2n) is 9.41. The molecule has 3 aromatic carbocycles. The van der Waals surface area contributed by atoms with E-state index in [1.807, 2.05) is 26.0 Å². The lowest BCUT2D eigenvalue weighted by molar-refractivity contribution is -0.681. The van der Waals surface area contributed by atoms with Crippen LogP contribution >= 0.6 is 0 Å². The van der Waals surface area contributed by atoms with Gasteiger partial charge in [-0.2, -0.15) is 0 Å². The zero-order chi connectivity index (χ0) is 24.0. The molecule has 0 saturated heterocycles. The lowest BCUT2D eigenvalue weighted by atomic mass is 9.83. The van der Waals surface area contributed by atoms with Crippen molar-refractivity contribution >= 4 is 23.0 Å². The summed E-state index contributed by atoms with van der Waals surface area (Å²) < 4.78 is 12.0. The monoisotopic (exact) mass is 458 g/mol. The van der Waals surface area contributed by atoms with E-state index in [0.717, 1.165) is 54.7 Å². The number of para-hydroxylation sites is 2. The Morgan fingerprint density at radius 3 is 1.85 bits per heavy atom. The Morgan fingerprint density at radius 1 is 0.824 bits per heavy atom. The summed E-state index contributed by atoms with van der Waals surface area (Å²) in [6.45, 7) is 6.13. The Kier molecular flexibility index (Phi) is 7.69. The van der Waals surface area contributed by atoms with Crippen molar-refractivity contribution in [2.75, 3.05) is 6.61 Å². The molecule has 1 N–H and O–H groups in total. The molecule has 1 fully saturated rings. The van der Waals surface area contributed by atoms with Gasteiger partial charge < -0.3 is 9.47 Å². The second kappa shape index (κ2) is 10.9. The van der Waals surface area contributed by atoms with Crippen molar-refractivity contribution in [3.05, 3.63) is 83.9 Å². The standard InChI is InChI=1S/C30H35NO3/c1-4-30(18-12-7-13-19-30)34-28(32)22-33-29-23(2)20-27(21-24(29)3)31(25-14-8-5-9-15-25)26-16-10-6-11-17-26/h5-6,8-11,14-17,20-21H,4,7,12-13,18-19,22H2,1-3H3/p+1. The summed E-state index contributed by atoms with van der Waals surface area (Å²) in [5, 5.41) is 0. The van der Waals surface area contributed by atoms with Crippen molar-refractivity contribution in [2.24, 2.45) is 0 Å². The number of carbonyl (C=O) groups is 1. The van der Waals surface area contributed by atoms with E-state index in [-0.39, 0.29) is 18.2 Å². The highest BCUT2D eigenvalue weighted by Gasteiger charge is 2.34. The van der Waals surface area contributed by atoms with Gasteiger partial charge >= 0.3 is 5.97 Å². The first-order chi connectivity index (χ1) is 16.5. The first kappa shape index (κ1) is 24.0. The molecule has 0 heterocycles. The van der Waals surface area contributed by atoms with E-state index in [0.29, 0.717) is 0 Å². The fourth-order valence-electron chi connectivity index (χ4n) is 5.16. The Bertz CT molecular complexity index is 1030. The number of quaternary nitrogens is 1. The van der Waals surface area contributed by atoms with Gasteiger partial charge in [-0.1, -0.05) is 49.7 Å². The number of benzene rings is 3. The molecule has 1 aliphatic carbocycles. The quantitative estimate of drug-likeness (QED) is 0.391. The number of hydrogen-bond donors (Lipinski definition) is 1. The van der Waals surface area contributed by atoms with E-state index in [9.17, 15) is 4.79 Å². The molecular formula is C30H36NO3+. The summed E-state index contributed by atoms with van der Waals surface area (Å²) in [7, 11) is 0. The highest BCUT2D eigenvalue weighted by atomic mass is 16.6. The number of rotatable bonds is 8. The minimum absolute atomic E-state index is 0.0588. The minimum Gasteiger partial charge on any atom is -0.481 e. The molecule has 34 heavy (non-hydrogen) atoms. The molecule has 0 bridgehead atoms. The van der Waals surface area contributed by atoms with E-state index in [1.165, 1.54) is 22.7 Å². The van der Waals surface area contributed by atoms with Crippen LogP contribution in [-0.4, -0.2) is 18.2 Å². The zero-order valence-electron chi connectivity index (χ0n) is 20.6. The van der Waals surface area contributed by atoms with Gasteiger partial charge in [0.2, 0.25) is 0 Å². The average Bonchev–Trinajstić information content (AvgIpc) is 2.85. The maximum atomic E-state index is 12.7. The number of ether oxygens (including phenoxy) is 2. The van der Waals surface area contributed by atoms with Crippen LogP contribution in [0.3, 0.4) is 0 Å². The van der Waals surface area contributed by atoms with Crippen molar-refractivity contribution < 1.29 is 19.2 Å². The third-order valence-corrected chi connectivity index (χ3v) is 6.95. The Hall–Kier alpha value is -3.11. The number of esters is 1. The van der Waals surface area contributed by atoms with Gasteiger partial charge in [0.15, 0.2) is 6.61 Å². The first-order valence-corrected chi connectivity index (χ1v) is 12.5.